The second-order valence-corrected chi connectivity index (χ2v) is 6.52. The minimum absolute atomic E-state index is 0.0450. The highest BCUT2D eigenvalue weighted by Crippen LogP contribution is 2.26. The third-order valence-electron chi connectivity index (χ3n) is 3.94. The largest absolute Gasteiger partial charge is 0.497 e. The lowest BCUT2D eigenvalue weighted by molar-refractivity contribution is -0.116. The molecule has 0 aliphatic rings. The highest BCUT2D eigenvalue weighted by atomic mass is 32.1. The minimum Gasteiger partial charge on any atom is -0.497 e. The Labute approximate surface area is 156 Å². The van der Waals surface area contributed by atoms with Crippen LogP contribution in [0.15, 0.2) is 53.9 Å². The predicted molar refractivity (Wildman–Crippen MR) is 104 cm³/mol. The lowest BCUT2D eigenvalue weighted by atomic mass is 10.1. The number of carbonyl (C=O) groups excluding carboxylic acids is 1. The highest BCUT2D eigenvalue weighted by Gasteiger charge is 2.09. The first-order chi connectivity index (χ1) is 12.7. The standard InChI is InChI=1S/C20H20N2O3S/c1-24-16-8-3-14(4-9-16)5-12-19(23)22-20-21-18(13-26-20)15-6-10-17(25-2)11-7-15/h3-4,6-11,13H,5,12H2,1-2H3,(H,21,22,23). The smallest absolute Gasteiger partial charge is 0.226 e. The van der Waals surface area contributed by atoms with Crippen LogP contribution in [0, 0.1) is 0 Å². The molecule has 0 saturated carbocycles. The molecule has 1 heterocycles. The number of hydrogen-bond acceptors (Lipinski definition) is 5. The quantitative estimate of drug-likeness (QED) is 0.671. The van der Waals surface area contributed by atoms with Crippen LogP contribution < -0.4 is 14.8 Å². The number of thiazole rings is 1. The van der Waals surface area contributed by atoms with E-state index >= 15 is 0 Å². The first kappa shape index (κ1) is 17.9. The topological polar surface area (TPSA) is 60.5 Å². The average molecular weight is 368 g/mol. The number of amides is 1. The molecule has 26 heavy (non-hydrogen) atoms. The molecule has 0 unspecified atom stereocenters. The summed E-state index contributed by atoms with van der Waals surface area (Å²) in [5.41, 5.74) is 2.92. The first-order valence-electron chi connectivity index (χ1n) is 8.20. The van der Waals surface area contributed by atoms with Crippen LogP contribution in [0.5, 0.6) is 11.5 Å². The zero-order valence-electron chi connectivity index (χ0n) is 14.7. The number of nitrogens with zero attached hydrogens (tertiary/aromatic N) is 1. The van der Waals surface area contributed by atoms with Crippen LogP contribution in [0.2, 0.25) is 0 Å². The van der Waals surface area contributed by atoms with Crippen molar-refractivity contribution in [1.29, 1.82) is 0 Å². The molecule has 0 aliphatic heterocycles. The number of anilines is 1. The molecular formula is C20H20N2O3S. The van der Waals surface area contributed by atoms with Gasteiger partial charge in [-0.15, -0.1) is 11.3 Å². The van der Waals surface area contributed by atoms with Crippen LogP contribution in [0.3, 0.4) is 0 Å². The maximum Gasteiger partial charge on any atom is 0.226 e. The fourth-order valence-electron chi connectivity index (χ4n) is 2.46. The molecule has 0 aliphatic carbocycles. The van der Waals surface area contributed by atoms with E-state index in [1.165, 1.54) is 11.3 Å². The molecule has 0 saturated heterocycles. The summed E-state index contributed by atoms with van der Waals surface area (Å²) in [5.74, 6) is 1.57. The Hall–Kier alpha value is -2.86. The van der Waals surface area contributed by atoms with Crippen molar-refractivity contribution >= 4 is 22.4 Å². The SMILES string of the molecule is COc1ccc(CCC(=O)Nc2nc(-c3ccc(OC)cc3)cs2)cc1. The number of carbonyl (C=O) groups is 1. The number of nitrogens with one attached hydrogen (secondary N) is 1. The maximum absolute atomic E-state index is 12.2. The summed E-state index contributed by atoms with van der Waals surface area (Å²) in [6.45, 7) is 0. The van der Waals surface area contributed by atoms with Gasteiger partial charge in [0.2, 0.25) is 5.91 Å². The monoisotopic (exact) mass is 368 g/mol. The van der Waals surface area contributed by atoms with Gasteiger partial charge in [0, 0.05) is 17.4 Å². The second-order valence-electron chi connectivity index (χ2n) is 5.66. The van der Waals surface area contributed by atoms with Crippen molar-refractivity contribution in [3.05, 3.63) is 59.5 Å². The van der Waals surface area contributed by atoms with Crippen molar-refractivity contribution in [3.63, 3.8) is 0 Å². The molecular weight excluding hydrogens is 348 g/mol. The van der Waals surface area contributed by atoms with Crippen molar-refractivity contribution in [2.45, 2.75) is 12.8 Å². The Morgan fingerprint density at radius 1 is 1.00 bits per heavy atom. The number of ether oxygens (including phenoxy) is 2. The molecule has 3 aromatic rings. The maximum atomic E-state index is 12.2. The van der Waals surface area contributed by atoms with E-state index < -0.39 is 0 Å². The Kier molecular flexibility index (Phi) is 5.86. The summed E-state index contributed by atoms with van der Waals surface area (Å²) in [7, 11) is 3.27. The average Bonchev–Trinajstić information content (AvgIpc) is 3.15. The number of rotatable bonds is 7. The molecule has 134 valence electrons. The van der Waals surface area contributed by atoms with Gasteiger partial charge in [-0.1, -0.05) is 12.1 Å². The van der Waals surface area contributed by atoms with Crippen LogP contribution in [-0.4, -0.2) is 25.1 Å². The Morgan fingerprint density at radius 3 is 2.23 bits per heavy atom. The lowest BCUT2D eigenvalue weighted by Gasteiger charge is -2.04. The Morgan fingerprint density at radius 2 is 1.62 bits per heavy atom. The van der Waals surface area contributed by atoms with Crippen molar-refractivity contribution < 1.29 is 14.3 Å². The molecule has 5 nitrogen and oxygen atoms in total. The van der Waals surface area contributed by atoms with Crippen molar-refractivity contribution in [2.24, 2.45) is 0 Å². The van der Waals surface area contributed by atoms with Crippen molar-refractivity contribution in [3.8, 4) is 22.8 Å². The van der Waals surface area contributed by atoms with Gasteiger partial charge in [0.25, 0.3) is 0 Å². The lowest BCUT2D eigenvalue weighted by Crippen LogP contribution is -2.12. The third kappa shape index (κ3) is 4.61. The molecule has 1 aromatic heterocycles. The predicted octanol–water partition coefficient (Wildman–Crippen LogP) is 4.40. The number of hydrogen-bond donors (Lipinski definition) is 1. The highest BCUT2D eigenvalue weighted by molar-refractivity contribution is 7.14. The van der Waals surface area contributed by atoms with Crippen molar-refractivity contribution in [2.75, 3.05) is 19.5 Å². The van der Waals surface area contributed by atoms with E-state index in [4.69, 9.17) is 9.47 Å². The number of benzene rings is 2. The van der Waals surface area contributed by atoms with Crippen LogP contribution in [0.4, 0.5) is 5.13 Å². The number of aromatic nitrogens is 1. The zero-order valence-corrected chi connectivity index (χ0v) is 15.5. The van der Waals surface area contributed by atoms with Gasteiger partial charge in [0.15, 0.2) is 5.13 Å². The molecule has 1 N–H and O–H groups in total. The van der Waals surface area contributed by atoms with E-state index in [2.05, 4.69) is 10.3 Å². The van der Waals surface area contributed by atoms with Gasteiger partial charge in [-0.3, -0.25) is 4.79 Å². The number of aryl methyl sites for hydroxylation is 1. The molecule has 0 radical (unpaired) electrons. The third-order valence-corrected chi connectivity index (χ3v) is 4.69. The molecule has 6 heteroatoms. The Balaban J connectivity index is 1.55. The first-order valence-corrected chi connectivity index (χ1v) is 9.08. The number of methoxy groups -OCH3 is 2. The molecule has 2 aromatic carbocycles. The van der Waals surface area contributed by atoms with Gasteiger partial charge >= 0.3 is 0 Å². The van der Waals surface area contributed by atoms with E-state index in [9.17, 15) is 4.79 Å². The molecule has 0 spiro atoms. The molecule has 0 bridgehead atoms. The molecule has 0 atom stereocenters. The van der Waals surface area contributed by atoms with E-state index in [0.29, 0.717) is 18.0 Å². The van der Waals surface area contributed by atoms with E-state index in [0.717, 1.165) is 28.3 Å². The summed E-state index contributed by atoms with van der Waals surface area (Å²) in [4.78, 5) is 16.6. The van der Waals surface area contributed by atoms with Gasteiger partial charge in [-0.05, 0) is 48.4 Å². The van der Waals surface area contributed by atoms with Gasteiger partial charge in [0.1, 0.15) is 11.5 Å². The van der Waals surface area contributed by atoms with Crippen molar-refractivity contribution in [1.82, 2.24) is 4.98 Å². The second kappa shape index (κ2) is 8.49. The van der Waals surface area contributed by atoms with Gasteiger partial charge < -0.3 is 14.8 Å². The molecule has 3 rings (SSSR count). The zero-order chi connectivity index (χ0) is 18.4. The van der Waals surface area contributed by atoms with E-state index in [-0.39, 0.29) is 5.91 Å². The minimum atomic E-state index is -0.0450. The normalized spacial score (nSPS) is 10.4. The van der Waals surface area contributed by atoms with Crippen LogP contribution >= 0.6 is 11.3 Å². The molecule has 1 amide bonds. The molecule has 0 fully saturated rings. The van der Waals surface area contributed by atoms with Gasteiger partial charge in [-0.25, -0.2) is 4.98 Å². The summed E-state index contributed by atoms with van der Waals surface area (Å²) < 4.78 is 10.3. The van der Waals surface area contributed by atoms with E-state index in [1.54, 1.807) is 14.2 Å². The van der Waals surface area contributed by atoms with Crippen LogP contribution in [0.1, 0.15) is 12.0 Å². The van der Waals surface area contributed by atoms with Crippen LogP contribution in [-0.2, 0) is 11.2 Å². The van der Waals surface area contributed by atoms with Crippen LogP contribution in [0.25, 0.3) is 11.3 Å². The summed E-state index contributed by atoms with van der Waals surface area (Å²) in [5, 5.41) is 5.40. The fraction of sp³-hybridized carbons (Fsp3) is 0.200. The Bertz CT molecular complexity index is 858. The van der Waals surface area contributed by atoms with E-state index in [1.807, 2.05) is 53.9 Å². The summed E-state index contributed by atoms with van der Waals surface area (Å²) >= 11 is 1.42. The van der Waals surface area contributed by atoms with Gasteiger partial charge in [-0.2, -0.15) is 0 Å². The fourth-order valence-corrected chi connectivity index (χ4v) is 3.19. The summed E-state index contributed by atoms with van der Waals surface area (Å²) in [6.07, 6.45) is 1.08. The summed E-state index contributed by atoms with van der Waals surface area (Å²) in [6, 6.07) is 15.4. The van der Waals surface area contributed by atoms with Gasteiger partial charge in [0.05, 0.1) is 19.9 Å².